The fourth-order valence-electron chi connectivity index (χ4n) is 1.85. The van der Waals surface area contributed by atoms with Crippen LogP contribution in [0, 0.1) is 6.92 Å². The van der Waals surface area contributed by atoms with Crippen LogP contribution in [0.1, 0.15) is 31.1 Å². The van der Waals surface area contributed by atoms with E-state index >= 15 is 0 Å². The summed E-state index contributed by atoms with van der Waals surface area (Å²) in [5.74, 6) is 1.28. The van der Waals surface area contributed by atoms with E-state index in [1.54, 1.807) is 11.8 Å². The largest absolute Gasteiger partial charge is 0.355 e. The molecule has 1 aromatic carbocycles. The minimum absolute atomic E-state index is 0.0183. The zero-order valence-electron chi connectivity index (χ0n) is 13.1. The Balaban J connectivity index is 1.75. The first kappa shape index (κ1) is 16.5. The Bertz CT molecular complexity index is 610. The second kappa shape index (κ2) is 7.98. The number of rotatable bonds is 7. The Kier molecular flexibility index (Phi) is 6.00. The molecule has 2 rings (SSSR count). The third kappa shape index (κ3) is 4.87. The lowest BCUT2D eigenvalue weighted by Gasteiger charge is -2.11. The Morgan fingerprint density at radius 2 is 2.09 bits per heavy atom. The van der Waals surface area contributed by atoms with Crippen molar-refractivity contribution in [1.29, 1.82) is 0 Å². The van der Waals surface area contributed by atoms with Gasteiger partial charge in [0.15, 0.2) is 5.82 Å². The number of aromatic nitrogens is 2. The molecule has 1 atom stereocenters. The summed E-state index contributed by atoms with van der Waals surface area (Å²) < 4.78 is 5.03. The molecule has 118 valence electrons. The third-order valence-corrected chi connectivity index (χ3v) is 4.28. The maximum Gasteiger partial charge on any atom is 0.233 e. The molecule has 5 nitrogen and oxygen atoms in total. The van der Waals surface area contributed by atoms with Crippen LogP contribution >= 0.6 is 11.8 Å². The fraction of sp³-hybridized carbons (Fsp3) is 0.438. The van der Waals surface area contributed by atoms with Crippen LogP contribution in [0.25, 0.3) is 0 Å². The highest BCUT2D eigenvalue weighted by Gasteiger charge is 2.14. The Labute approximate surface area is 134 Å². The van der Waals surface area contributed by atoms with Crippen molar-refractivity contribution >= 4 is 17.7 Å². The number of amides is 1. The Hall–Kier alpha value is -1.82. The van der Waals surface area contributed by atoms with Gasteiger partial charge in [0.05, 0.1) is 5.25 Å². The van der Waals surface area contributed by atoms with E-state index in [1.165, 1.54) is 5.56 Å². The molecule has 0 fully saturated rings. The summed E-state index contributed by atoms with van der Waals surface area (Å²) in [5.41, 5.74) is 1.22. The second-order valence-electron chi connectivity index (χ2n) is 5.07. The predicted molar refractivity (Wildman–Crippen MR) is 86.9 cm³/mol. The Morgan fingerprint density at radius 3 is 2.73 bits per heavy atom. The van der Waals surface area contributed by atoms with Crippen LogP contribution < -0.4 is 5.32 Å². The minimum Gasteiger partial charge on any atom is -0.355 e. The van der Waals surface area contributed by atoms with Crippen LogP contribution in [0.3, 0.4) is 0 Å². The second-order valence-corrected chi connectivity index (χ2v) is 6.49. The molecule has 0 saturated carbocycles. The molecule has 1 amide bonds. The van der Waals surface area contributed by atoms with Crippen molar-refractivity contribution in [3.8, 4) is 0 Å². The van der Waals surface area contributed by atoms with Gasteiger partial charge in [-0.2, -0.15) is 4.98 Å². The van der Waals surface area contributed by atoms with E-state index in [0.717, 1.165) is 11.3 Å². The predicted octanol–water partition coefficient (Wildman–Crippen LogP) is 2.78. The van der Waals surface area contributed by atoms with Gasteiger partial charge in [0.2, 0.25) is 11.8 Å². The summed E-state index contributed by atoms with van der Waals surface area (Å²) in [5, 5.41) is 6.63. The average molecular weight is 319 g/mol. The fourth-order valence-corrected chi connectivity index (χ4v) is 2.74. The van der Waals surface area contributed by atoms with Gasteiger partial charge in [-0.1, -0.05) is 29.8 Å². The average Bonchev–Trinajstić information content (AvgIpc) is 2.97. The summed E-state index contributed by atoms with van der Waals surface area (Å²) in [6.07, 6.45) is 1.31. The number of hydrogen-bond acceptors (Lipinski definition) is 5. The van der Waals surface area contributed by atoms with E-state index in [9.17, 15) is 4.79 Å². The van der Waals surface area contributed by atoms with E-state index in [2.05, 4.69) is 27.6 Å². The summed E-state index contributed by atoms with van der Waals surface area (Å²) >= 11 is 1.55. The van der Waals surface area contributed by atoms with E-state index in [-0.39, 0.29) is 11.2 Å². The van der Waals surface area contributed by atoms with Gasteiger partial charge in [0.25, 0.3) is 0 Å². The van der Waals surface area contributed by atoms with E-state index in [0.29, 0.717) is 24.7 Å². The summed E-state index contributed by atoms with van der Waals surface area (Å²) in [4.78, 5) is 17.4. The molecule has 1 unspecified atom stereocenters. The smallest absolute Gasteiger partial charge is 0.233 e. The number of aryl methyl sites for hydroxylation is 2. The standard InChI is InChI=1S/C16H21N3O2S/c1-4-15-18-14(19-21-15)9-10-17-16(20)12(3)22-13-7-5-11(2)6-8-13/h5-8,12H,4,9-10H2,1-3H3,(H,17,20). The summed E-state index contributed by atoms with van der Waals surface area (Å²) in [6.45, 7) is 6.43. The first-order valence-electron chi connectivity index (χ1n) is 7.41. The number of benzene rings is 1. The number of hydrogen-bond donors (Lipinski definition) is 1. The highest BCUT2D eigenvalue weighted by Crippen LogP contribution is 2.23. The molecule has 1 N–H and O–H groups in total. The van der Waals surface area contributed by atoms with Crippen molar-refractivity contribution < 1.29 is 9.32 Å². The number of carbonyl (C=O) groups is 1. The summed E-state index contributed by atoms with van der Waals surface area (Å²) in [6, 6.07) is 8.17. The van der Waals surface area contributed by atoms with E-state index < -0.39 is 0 Å². The minimum atomic E-state index is -0.140. The quantitative estimate of drug-likeness (QED) is 0.795. The van der Waals surface area contributed by atoms with Crippen molar-refractivity contribution in [2.75, 3.05) is 6.54 Å². The van der Waals surface area contributed by atoms with Gasteiger partial charge in [-0.05, 0) is 26.0 Å². The lowest BCUT2D eigenvalue weighted by atomic mass is 10.2. The van der Waals surface area contributed by atoms with Crippen LogP contribution in [0.15, 0.2) is 33.7 Å². The van der Waals surface area contributed by atoms with Crippen LogP contribution in [-0.2, 0) is 17.6 Å². The highest BCUT2D eigenvalue weighted by molar-refractivity contribution is 8.00. The lowest BCUT2D eigenvalue weighted by Crippen LogP contribution is -2.32. The maximum absolute atomic E-state index is 12.1. The molecular formula is C16H21N3O2S. The zero-order valence-corrected chi connectivity index (χ0v) is 13.9. The molecule has 0 aliphatic rings. The van der Waals surface area contributed by atoms with Crippen LogP contribution in [-0.4, -0.2) is 27.8 Å². The molecule has 0 spiro atoms. The topological polar surface area (TPSA) is 68.0 Å². The SMILES string of the molecule is CCc1nc(CCNC(=O)C(C)Sc2ccc(C)cc2)no1. The van der Waals surface area contributed by atoms with Gasteiger partial charge in [0, 0.05) is 24.3 Å². The van der Waals surface area contributed by atoms with Crippen molar-refractivity contribution in [1.82, 2.24) is 15.5 Å². The number of nitrogens with zero attached hydrogens (tertiary/aromatic N) is 2. The summed E-state index contributed by atoms with van der Waals surface area (Å²) in [7, 11) is 0. The molecule has 1 aromatic heterocycles. The normalized spacial score (nSPS) is 12.1. The van der Waals surface area contributed by atoms with Crippen LogP contribution in [0.2, 0.25) is 0 Å². The molecule has 0 bridgehead atoms. The van der Waals surface area contributed by atoms with E-state index in [1.807, 2.05) is 32.9 Å². The number of nitrogens with one attached hydrogen (secondary N) is 1. The van der Waals surface area contributed by atoms with Gasteiger partial charge in [0.1, 0.15) is 0 Å². The first-order valence-corrected chi connectivity index (χ1v) is 8.29. The van der Waals surface area contributed by atoms with Crippen molar-refractivity contribution in [2.45, 2.75) is 43.8 Å². The van der Waals surface area contributed by atoms with Gasteiger partial charge in [-0.15, -0.1) is 11.8 Å². The first-order chi connectivity index (χ1) is 10.6. The number of thioether (sulfide) groups is 1. The lowest BCUT2D eigenvalue weighted by molar-refractivity contribution is -0.120. The van der Waals surface area contributed by atoms with E-state index in [4.69, 9.17) is 4.52 Å². The van der Waals surface area contributed by atoms with Crippen LogP contribution in [0.4, 0.5) is 0 Å². The van der Waals surface area contributed by atoms with Crippen molar-refractivity contribution in [3.63, 3.8) is 0 Å². The molecule has 0 aliphatic carbocycles. The van der Waals surface area contributed by atoms with Gasteiger partial charge < -0.3 is 9.84 Å². The van der Waals surface area contributed by atoms with Crippen molar-refractivity contribution in [2.24, 2.45) is 0 Å². The molecular weight excluding hydrogens is 298 g/mol. The zero-order chi connectivity index (χ0) is 15.9. The molecule has 1 heterocycles. The maximum atomic E-state index is 12.1. The Morgan fingerprint density at radius 1 is 1.36 bits per heavy atom. The third-order valence-electron chi connectivity index (χ3n) is 3.16. The highest BCUT2D eigenvalue weighted by atomic mass is 32.2. The molecule has 22 heavy (non-hydrogen) atoms. The van der Waals surface area contributed by atoms with Crippen LogP contribution in [0.5, 0.6) is 0 Å². The van der Waals surface area contributed by atoms with Crippen molar-refractivity contribution in [3.05, 3.63) is 41.5 Å². The number of carbonyl (C=O) groups excluding carboxylic acids is 1. The molecule has 0 saturated heterocycles. The van der Waals surface area contributed by atoms with Gasteiger partial charge in [-0.3, -0.25) is 4.79 Å². The molecule has 0 aliphatic heterocycles. The monoisotopic (exact) mass is 319 g/mol. The molecule has 6 heteroatoms. The van der Waals surface area contributed by atoms with Gasteiger partial charge in [-0.25, -0.2) is 0 Å². The molecule has 2 aromatic rings. The van der Waals surface area contributed by atoms with Gasteiger partial charge >= 0.3 is 0 Å². The molecule has 0 radical (unpaired) electrons.